The second-order valence-corrected chi connectivity index (χ2v) is 5.67. The number of nitro benzene ring substituents is 1. The van der Waals surface area contributed by atoms with Gasteiger partial charge in [-0.25, -0.2) is 13.1 Å². The number of hydrogen-bond acceptors (Lipinski definition) is 6. The van der Waals surface area contributed by atoms with Crippen LogP contribution in [0.4, 0.5) is 11.4 Å². The molecule has 0 saturated heterocycles. The molecule has 0 saturated carbocycles. The lowest BCUT2D eigenvalue weighted by molar-refractivity contribution is -0.384. The molecule has 106 valence electrons. The van der Waals surface area contributed by atoms with Gasteiger partial charge in [-0.3, -0.25) is 10.1 Å². The van der Waals surface area contributed by atoms with Gasteiger partial charge in [0.05, 0.1) is 23.9 Å². The first-order valence-corrected chi connectivity index (χ1v) is 7.02. The predicted molar refractivity (Wildman–Crippen MR) is 71.0 cm³/mol. The molecule has 0 unspecified atom stereocenters. The van der Waals surface area contributed by atoms with Gasteiger partial charge in [-0.2, -0.15) is 0 Å². The zero-order chi connectivity index (χ0) is 14.5. The lowest BCUT2D eigenvalue weighted by atomic mass is 10.2. The maximum atomic E-state index is 11.2. The van der Waals surface area contributed by atoms with E-state index in [1.165, 1.54) is 26.3 Å². The molecule has 0 fully saturated rings. The minimum absolute atomic E-state index is 0.127. The van der Waals surface area contributed by atoms with Crippen molar-refractivity contribution in [1.82, 2.24) is 4.72 Å². The molecular formula is C10H15N3O5S. The van der Waals surface area contributed by atoms with Gasteiger partial charge in [0.25, 0.3) is 5.69 Å². The summed E-state index contributed by atoms with van der Waals surface area (Å²) in [6.45, 7) is 0.132. The van der Waals surface area contributed by atoms with E-state index < -0.39 is 14.9 Å². The number of hydrogen-bond donors (Lipinski definition) is 2. The quantitative estimate of drug-likeness (QED) is 0.560. The van der Waals surface area contributed by atoms with E-state index in [4.69, 9.17) is 4.74 Å². The number of non-ortho nitro benzene ring substituents is 1. The average Bonchev–Trinajstić information content (AvgIpc) is 2.38. The van der Waals surface area contributed by atoms with Crippen LogP contribution in [-0.4, -0.2) is 39.8 Å². The van der Waals surface area contributed by atoms with E-state index in [1.54, 1.807) is 6.07 Å². The molecule has 0 aliphatic carbocycles. The topological polar surface area (TPSA) is 111 Å². The standard InChI is InChI=1S/C10H15N3O5S/c1-11-19(16,17)4-3-12-8-5-9(13(14)15)7-10(6-8)18-2/h5-7,11-12H,3-4H2,1-2H3. The van der Waals surface area contributed by atoms with Gasteiger partial charge in [0.1, 0.15) is 5.75 Å². The number of benzene rings is 1. The Labute approximate surface area is 111 Å². The lowest BCUT2D eigenvalue weighted by Crippen LogP contribution is -2.26. The Morgan fingerprint density at radius 2 is 2.05 bits per heavy atom. The van der Waals surface area contributed by atoms with Crippen molar-refractivity contribution in [2.75, 3.05) is 31.8 Å². The van der Waals surface area contributed by atoms with Gasteiger partial charge in [-0.05, 0) is 7.05 Å². The van der Waals surface area contributed by atoms with E-state index in [0.717, 1.165) is 0 Å². The second kappa shape index (κ2) is 6.34. The molecular weight excluding hydrogens is 274 g/mol. The Morgan fingerprint density at radius 3 is 2.58 bits per heavy atom. The third-order valence-electron chi connectivity index (χ3n) is 2.35. The van der Waals surface area contributed by atoms with Crippen molar-refractivity contribution in [3.05, 3.63) is 28.3 Å². The number of sulfonamides is 1. The second-order valence-electron chi connectivity index (χ2n) is 3.63. The number of anilines is 1. The Bertz CT molecular complexity index is 558. The molecule has 0 aliphatic heterocycles. The van der Waals surface area contributed by atoms with Crippen LogP contribution in [0.5, 0.6) is 5.75 Å². The van der Waals surface area contributed by atoms with Crippen molar-refractivity contribution in [2.24, 2.45) is 0 Å². The summed E-state index contributed by atoms with van der Waals surface area (Å²) in [5, 5.41) is 13.5. The molecule has 0 spiro atoms. The van der Waals surface area contributed by atoms with Crippen LogP contribution >= 0.6 is 0 Å². The Morgan fingerprint density at radius 1 is 1.37 bits per heavy atom. The van der Waals surface area contributed by atoms with Crippen LogP contribution in [-0.2, 0) is 10.0 Å². The highest BCUT2D eigenvalue weighted by molar-refractivity contribution is 7.89. The molecule has 2 N–H and O–H groups in total. The van der Waals surface area contributed by atoms with Gasteiger partial charge in [0.2, 0.25) is 10.0 Å². The van der Waals surface area contributed by atoms with Crippen LogP contribution in [0.2, 0.25) is 0 Å². The summed E-state index contributed by atoms with van der Waals surface area (Å²) in [5.74, 6) is 0.197. The van der Waals surface area contributed by atoms with Crippen molar-refractivity contribution in [2.45, 2.75) is 0 Å². The van der Waals surface area contributed by atoms with Crippen LogP contribution in [0.3, 0.4) is 0 Å². The largest absolute Gasteiger partial charge is 0.496 e. The zero-order valence-corrected chi connectivity index (χ0v) is 11.4. The van der Waals surface area contributed by atoms with Crippen molar-refractivity contribution in [3.63, 3.8) is 0 Å². The molecule has 0 aromatic heterocycles. The van der Waals surface area contributed by atoms with Crippen LogP contribution in [0.15, 0.2) is 18.2 Å². The van der Waals surface area contributed by atoms with Crippen LogP contribution in [0, 0.1) is 10.1 Å². The van der Waals surface area contributed by atoms with Gasteiger partial charge in [0, 0.05) is 24.4 Å². The zero-order valence-electron chi connectivity index (χ0n) is 10.5. The summed E-state index contributed by atoms with van der Waals surface area (Å²) in [6.07, 6.45) is 0. The van der Waals surface area contributed by atoms with Crippen molar-refractivity contribution < 1.29 is 18.1 Å². The lowest BCUT2D eigenvalue weighted by Gasteiger charge is -2.08. The minimum Gasteiger partial charge on any atom is -0.496 e. The van der Waals surface area contributed by atoms with E-state index in [9.17, 15) is 18.5 Å². The Kier molecular flexibility index (Phi) is 5.07. The molecule has 8 nitrogen and oxygen atoms in total. The van der Waals surface area contributed by atoms with E-state index >= 15 is 0 Å². The van der Waals surface area contributed by atoms with Crippen molar-refractivity contribution >= 4 is 21.4 Å². The van der Waals surface area contributed by atoms with Crippen molar-refractivity contribution in [1.29, 1.82) is 0 Å². The van der Waals surface area contributed by atoms with Gasteiger partial charge in [0.15, 0.2) is 0 Å². The first-order chi connectivity index (χ1) is 8.88. The Balaban J connectivity index is 2.78. The van der Waals surface area contributed by atoms with Crippen molar-refractivity contribution in [3.8, 4) is 5.75 Å². The van der Waals surface area contributed by atoms with E-state index in [-0.39, 0.29) is 18.0 Å². The summed E-state index contributed by atoms with van der Waals surface area (Å²) >= 11 is 0. The molecule has 9 heteroatoms. The highest BCUT2D eigenvalue weighted by Gasteiger charge is 2.11. The maximum Gasteiger partial charge on any atom is 0.275 e. The van der Waals surface area contributed by atoms with Gasteiger partial charge >= 0.3 is 0 Å². The molecule has 1 aromatic rings. The normalized spacial score (nSPS) is 11.1. The van der Waals surface area contributed by atoms with Gasteiger partial charge in [-0.15, -0.1) is 0 Å². The summed E-state index contributed by atoms with van der Waals surface area (Å²) in [7, 11) is -0.587. The monoisotopic (exact) mass is 289 g/mol. The third kappa shape index (κ3) is 4.72. The SMILES string of the molecule is CNS(=O)(=O)CCNc1cc(OC)cc([N+](=O)[O-])c1. The highest BCUT2D eigenvalue weighted by atomic mass is 32.2. The van der Waals surface area contributed by atoms with Crippen LogP contribution in [0.25, 0.3) is 0 Å². The maximum absolute atomic E-state index is 11.2. The molecule has 0 amide bonds. The summed E-state index contributed by atoms with van der Waals surface area (Å²) in [4.78, 5) is 10.2. The molecule has 0 heterocycles. The first-order valence-electron chi connectivity index (χ1n) is 5.36. The number of nitrogens with zero attached hydrogens (tertiary/aromatic N) is 1. The average molecular weight is 289 g/mol. The summed E-state index contributed by atoms with van der Waals surface area (Å²) in [5.41, 5.74) is 0.302. The van der Waals surface area contributed by atoms with Crippen LogP contribution in [0.1, 0.15) is 0 Å². The minimum atomic E-state index is -3.31. The summed E-state index contributed by atoms with van der Waals surface area (Å²) in [6, 6.07) is 4.16. The van der Waals surface area contributed by atoms with Gasteiger partial charge in [-0.1, -0.05) is 0 Å². The van der Waals surface area contributed by atoms with E-state index in [0.29, 0.717) is 11.4 Å². The smallest absolute Gasteiger partial charge is 0.275 e. The van der Waals surface area contributed by atoms with Gasteiger partial charge < -0.3 is 10.1 Å². The Hall–Kier alpha value is -1.87. The number of nitro groups is 1. The number of rotatable bonds is 7. The van der Waals surface area contributed by atoms with E-state index in [2.05, 4.69) is 10.0 Å². The predicted octanol–water partition coefficient (Wildman–Crippen LogP) is 0.564. The number of methoxy groups -OCH3 is 1. The molecule has 0 aliphatic rings. The molecule has 0 bridgehead atoms. The summed E-state index contributed by atoms with van der Waals surface area (Å²) < 4.78 is 29.5. The fourth-order valence-corrected chi connectivity index (χ4v) is 1.92. The fourth-order valence-electron chi connectivity index (χ4n) is 1.34. The molecule has 0 atom stereocenters. The number of nitrogens with one attached hydrogen (secondary N) is 2. The highest BCUT2D eigenvalue weighted by Crippen LogP contribution is 2.25. The van der Waals surface area contributed by atoms with E-state index in [1.807, 2.05) is 0 Å². The fraction of sp³-hybridized carbons (Fsp3) is 0.400. The third-order valence-corrected chi connectivity index (χ3v) is 3.71. The van der Waals surface area contributed by atoms with Crippen LogP contribution < -0.4 is 14.8 Å². The number of ether oxygens (including phenoxy) is 1. The molecule has 19 heavy (non-hydrogen) atoms. The molecule has 1 aromatic carbocycles. The first kappa shape index (κ1) is 15.2. The molecule has 1 rings (SSSR count). The molecule has 0 radical (unpaired) electrons.